The number of rotatable bonds is 4. The molecule has 0 amide bonds. The zero-order valence-electron chi connectivity index (χ0n) is 9.86. The van der Waals surface area contributed by atoms with Gasteiger partial charge in [-0.05, 0) is 40.5 Å². The molecule has 94 valence electrons. The Morgan fingerprint density at radius 1 is 1.50 bits per heavy atom. The van der Waals surface area contributed by atoms with E-state index in [4.69, 9.17) is 0 Å². The van der Waals surface area contributed by atoms with E-state index in [1.54, 1.807) is 10.9 Å². The van der Waals surface area contributed by atoms with E-state index >= 15 is 0 Å². The minimum Gasteiger partial charge on any atom is -0.288 e. The first kappa shape index (κ1) is 13.0. The van der Waals surface area contributed by atoms with Crippen LogP contribution in [0.4, 0.5) is 4.39 Å². The van der Waals surface area contributed by atoms with Crippen molar-refractivity contribution in [2.45, 2.75) is 19.9 Å². The van der Waals surface area contributed by atoms with Gasteiger partial charge >= 0.3 is 0 Å². The van der Waals surface area contributed by atoms with Gasteiger partial charge in [0.05, 0.1) is 11.8 Å². The molecule has 0 saturated carbocycles. The van der Waals surface area contributed by atoms with Crippen LogP contribution < -0.4 is 0 Å². The zero-order chi connectivity index (χ0) is 13.1. The highest BCUT2D eigenvalue weighted by Gasteiger charge is 2.14. The number of aryl methyl sites for hydroxylation is 1. The maximum absolute atomic E-state index is 13.0. The van der Waals surface area contributed by atoms with Gasteiger partial charge < -0.3 is 0 Å². The van der Waals surface area contributed by atoms with Gasteiger partial charge in [0.25, 0.3) is 0 Å². The third-order valence-electron chi connectivity index (χ3n) is 2.52. The van der Waals surface area contributed by atoms with Gasteiger partial charge in [0.15, 0.2) is 5.78 Å². The molecule has 1 heterocycles. The summed E-state index contributed by atoms with van der Waals surface area (Å²) in [6.45, 7) is 2.82. The molecule has 0 aliphatic carbocycles. The summed E-state index contributed by atoms with van der Waals surface area (Å²) in [4.78, 5) is 12.2. The Bertz CT molecular complexity index is 580. The SMILES string of the molecule is CCCn1cc(C(=O)c2ccc(F)cc2Br)cn1. The van der Waals surface area contributed by atoms with E-state index in [2.05, 4.69) is 21.0 Å². The van der Waals surface area contributed by atoms with E-state index < -0.39 is 0 Å². The molecular weight excluding hydrogens is 299 g/mol. The van der Waals surface area contributed by atoms with E-state index in [1.807, 2.05) is 6.92 Å². The molecule has 1 aromatic heterocycles. The number of benzene rings is 1. The fraction of sp³-hybridized carbons (Fsp3) is 0.231. The van der Waals surface area contributed by atoms with Crippen molar-refractivity contribution in [1.29, 1.82) is 0 Å². The Kier molecular flexibility index (Phi) is 3.91. The molecule has 0 spiro atoms. The van der Waals surface area contributed by atoms with E-state index in [9.17, 15) is 9.18 Å². The zero-order valence-corrected chi connectivity index (χ0v) is 11.4. The molecule has 0 fully saturated rings. The topological polar surface area (TPSA) is 34.9 Å². The second kappa shape index (κ2) is 5.44. The minimum absolute atomic E-state index is 0.163. The highest BCUT2D eigenvalue weighted by Crippen LogP contribution is 2.21. The summed E-state index contributed by atoms with van der Waals surface area (Å²) in [5, 5.41) is 4.11. The average Bonchev–Trinajstić information content (AvgIpc) is 2.77. The van der Waals surface area contributed by atoms with Gasteiger partial charge in [-0.1, -0.05) is 6.92 Å². The molecule has 0 unspecified atom stereocenters. The standard InChI is InChI=1S/C13H12BrFN2O/c1-2-5-17-8-9(7-16-17)13(18)11-4-3-10(15)6-12(11)14/h3-4,6-8H,2,5H2,1H3. The Balaban J connectivity index is 2.29. The molecule has 2 aromatic rings. The van der Waals surface area contributed by atoms with Gasteiger partial charge in [-0.25, -0.2) is 4.39 Å². The highest BCUT2D eigenvalue weighted by molar-refractivity contribution is 9.10. The quantitative estimate of drug-likeness (QED) is 0.811. The second-order valence-electron chi connectivity index (χ2n) is 3.95. The first-order chi connectivity index (χ1) is 8.61. The van der Waals surface area contributed by atoms with Crippen molar-refractivity contribution in [2.75, 3.05) is 0 Å². The fourth-order valence-corrected chi connectivity index (χ4v) is 2.19. The molecule has 0 radical (unpaired) electrons. The molecule has 3 nitrogen and oxygen atoms in total. The van der Waals surface area contributed by atoms with E-state index in [-0.39, 0.29) is 11.6 Å². The van der Waals surface area contributed by atoms with Crippen molar-refractivity contribution >= 4 is 21.7 Å². The maximum Gasteiger partial charge on any atom is 0.197 e. The van der Waals surface area contributed by atoms with E-state index in [0.717, 1.165) is 13.0 Å². The van der Waals surface area contributed by atoms with Crippen LogP contribution in [-0.2, 0) is 6.54 Å². The summed E-state index contributed by atoms with van der Waals surface area (Å²) in [6.07, 6.45) is 4.20. The molecular formula is C13H12BrFN2O. The van der Waals surface area contributed by atoms with Gasteiger partial charge in [0.2, 0.25) is 0 Å². The number of halogens is 2. The molecule has 0 aliphatic rings. The monoisotopic (exact) mass is 310 g/mol. The summed E-state index contributed by atoms with van der Waals surface area (Å²) < 4.78 is 15.1. The molecule has 0 atom stereocenters. The largest absolute Gasteiger partial charge is 0.288 e. The van der Waals surface area contributed by atoms with E-state index in [0.29, 0.717) is 15.6 Å². The number of hydrogen-bond acceptors (Lipinski definition) is 2. The Morgan fingerprint density at radius 2 is 2.28 bits per heavy atom. The second-order valence-corrected chi connectivity index (χ2v) is 4.80. The van der Waals surface area contributed by atoms with Crippen LogP contribution in [0.1, 0.15) is 29.3 Å². The number of ketones is 1. The number of aromatic nitrogens is 2. The Labute approximate surface area is 113 Å². The van der Waals surface area contributed by atoms with Gasteiger partial charge in [-0.2, -0.15) is 5.10 Å². The predicted molar refractivity (Wildman–Crippen MR) is 70.1 cm³/mol. The minimum atomic E-state index is -0.375. The number of carbonyl (C=O) groups is 1. The van der Waals surface area contributed by atoms with Crippen molar-refractivity contribution in [1.82, 2.24) is 9.78 Å². The summed E-state index contributed by atoms with van der Waals surface area (Å²) in [7, 11) is 0. The van der Waals surface area contributed by atoms with Crippen LogP contribution in [0.2, 0.25) is 0 Å². The van der Waals surface area contributed by atoms with Gasteiger partial charge in [0.1, 0.15) is 5.82 Å². The maximum atomic E-state index is 13.0. The number of nitrogens with zero attached hydrogens (tertiary/aromatic N) is 2. The lowest BCUT2D eigenvalue weighted by atomic mass is 10.1. The molecule has 0 N–H and O–H groups in total. The van der Waals surface area contributed by atoms with Gasteiger partial charge in [-0.3, -0.25) is 9.48 Å². The van der Waals surface area contributed by atoms with Gasteiger partial charge in [-0.15, -0.1) is 0 Å². The van der Waals surface area contributed by atoms with Gasteiger partial charge in [0, 0.05) is 22.8 Å². The molecule has 18 heavy (non-hydrogen) atoms. The van der Waals surface area contributed by atoms with Crippen LogP contribution in [0.15, 0.2) is 35.1 Å². The van der Waals surface area contributed by atoms with Crippen LogP contribution in [0.3, 0.4) is 0 Å². The smallest absolute Gasteiger partial charge is 0.197 e. The summed E-state index contributed by atoms with van der Waals surface area (Å²) in [5.41, 5.74) is 0.947. The molecule has 5 heteroatoms. The number of carbonyl (C=O) groups excluding carboxylic acids is 1. The molecule has 0 aliphatic heterocycles. The van der Waals surface area contributed by atoms with Crippen molar-refractivity contribution in [3.63, 3.8) is 0 Å². The lowest BCUT2D eigenvalue weighted by molar-refractivity contribution is 0.103. The summed E-state index contributed by atoms with van der Waals surface area (Å²) in [5.74, 6) is -0.538. The van der Waals surface area contributed by atoms with Crippen LogP contribution >= 0.6 is 15.9 Å². The van der Waals surface area contributed by atoms with Crippen LogP contribution in [0.5, 0.6) is 0 Å². The fourth-order valence-electron chi connectivity index (χ4n) is 1.66. The third-order valence-corrected chi connectivity index (χ3v) is 3.18. The lowest BCUT2D eigenvalue weighted by Crippen LogP contribution is -2.02. The molecule has 2 rings (SSSR count). The lowest BCUT2D eigenvalue weighted by Gasteiger charge is -2.01. The first-order valence-corrected chi connectivity index (χ1v) is 6.43. The van der Waals surface area contributed by atoms with Crippen molar-refractivity contribution in [3.8, 4) is 0 Å². The van der Waals surface area contributed by atoms with Crippen molar-refractivity contribution in [3.05, 3.63) is 52.0 Å². The Hall–Kier alpha value is -1.49. The summed E-state index contributed by atoms with van der Waals surface area (Å²) in [6, 6.07) is 4.02. The molecule has 0 saturated heterocycles. The van der Waals surface area contributed by atoms with Crippen LogP contribution in [0.25, 0.3) is 0 Å². The highest BCUT2D eigenvalue weighted by atomic mass is 79.9. The Morgan fingerprint density at radius 3 is 2.94 bits per heavy atom. The van der Waals surface area contributed by atoms with E-state index in [1.165, 1.54) is 24.4 Å². The molecule has 0 bridgehead atoms. The molecule has 1 aromatic carbocycles. The third kappa shape index (κ3) is 2.67. The first-order valence-electron chi connectivity index (χ1n) is 5.64. The van der Waals surface area contributed by atoms with Crippen molar-refractivity contribution in [2.24, 2.45) is 0 Å². The normalized spacial score (nSPS) is 10.6. The van der Waals surface area contributed by atoms with Crippen molar-refractivity contribution < 1.29 is 9.18 Å². The number of hydrogen-bond donors (Lipinski definition) is 0. The predicted octanol–water partition coefficient (Wildman–Crippen LogP) is 3.43. The average molecular weight is 311 g/mol. The summed E-state index contributed by atoms with van der Waals surface area (Å²) >= 11 is 3.19. The van der Waals surface area contributed by atoms with Crippen LogP contribution in [-0.4, -0.2) is 15.6 Å². The van der Waals surface area contributed by atoms with Crippen LogP contribution in [0, 0.1) is 5.82 Å².